The Morgan fingerprint density at radius 2 is 2.12 bits per heavy atom. The highest BCUT2D eigenvalue weighted by Crippen LogP contribution is 2.33. The van der Waals surface area contributed by atoms with Crippen molar-refractivity contribution >= 4 is 6.08 Å². The summed E-state index contributed by atoms with van der Waals surface area (Å²) in [5.41, 5.74) is 6.47. The minimum absolute atomic E-state index is 0.456. The largest absolute Gasteiger partial charge is 0.496 e. The number of aryl methyl sites for hydroxylation is 1. The molecule has 1 nitrogen and oxygen atoms in total. The Hall–Kier alpha value is -1.46. The molecule has 86 valence electrons. The van der Waals surface area contributed by atoms with Crippen molar-refractivity contribution in [2.24, 2.45) is 0 Å². The van der Waals surface area contributed by atoms with Crippen LogP contribution < -0.4 is 4.74 Å². The molecule has 0 saturated heterocycles. The van der Waals surface area contributed by atoms with Crippen LogP contribution in [0, 0.1) is 0 Å². The van der Waals surface area contributed by atoms with Gasteiger partial charge >= 0.3 is 0 Å². The van der Waals surface area contributed by atoms with E-state index >= 15 is 0 Å². The molecule has 16 heavy (non-hydrogen) atoms. The van der Waals surface area contributed by atoms with Crippen LogP contribution in [-0.4, -0.2) is 7.11 Å². The van der Waals surface area contributed by atoms with Gasteiger partial charge in [-0.3, -0.25) is 0 Å². The molecule has 0 bridgehead atoms. The van der Waals surface area contributed by atoms with Gasteiger partial charge in [0.05, 0.1) is 7.11 Å². The SMILES string of the molecule is C=C=Cc1c(CC)ccc(C(C)C)c1OC. The summed E-state index contributed by atoms with van der Waals surface area (Å²) in [6.07, 6.45) is 2.89. The molecule has 0 unspecified atom stereocenters. The van der Waals surface area contributed by atoms with Gasteiger partial charge in [0.25, 0.3) is 0 Å². The predicted octanol–water partition coefficient (Wildman–Crippen LogP) is 4.18. The Bertz CT molecular complexity index is 410. The summed E-state index contributed by atoms with van der Waals surface area (Å²) in [4.78, 5) is 0. The average molecular weight is 216 g/mol. The van der Waals surface area contributed by atoms with E-state index in [2.05, 4.69) is 45.2 Å². The van der Waals surface area contributed by atoms with Crippen LogP contribution in [0.1, 0.15) is 43.4 Å². The molecule has 0 fully saturated rings. The van der Waals surface area contributed by atoms with Gasteiger partial charge in [0.15, 0.2) is 0 Å². The van der Waals surface area contributed by atoms with Crippen LogP contribution in [0.4, 0.5) is 0 Å². The summed E-state index contributed by atoms with van der Waals surface area (Å²) in [5.74, 6) is 1.42. The zero-order valence-electron chi connectivity index (χ0n) is 10.6. The number of benzene rings is 1. The number of methoxy groups -OCH3 is 1. The zero-order chi connectivity index (χ0) is 12.1. The van der Waals surface area contributed by atoms with E-state index in [0.29, 0.717) is 5.92 Å². The molecule has 1 aromatic carbocycles. The number of ether oxygens (including phenoxy) is 1. The van der Waals surface area contributed by atoms with Gasteiger partial charge in [0.2, 0.25) is 0 Å². The van der Waals surface area contributed by atoms with Gasteiger partial charge in [-0.2, -0.15) is 0 Å². The summed E-state index contributed by atoms with van der Waals surface area (Å²) < 4.78 is 5.53. The normalized spacial score (nSPS) is 10.1. The highest BCUT2D eigenvalue weighted by molar-refractivity contribution is 5.64. The third-order valence-corrected chi connectivity index (χ3v) is 2.77. The van der Waals surface area contributed by atoms with E-state index in [-0.39, 0.29) is 0 Å². The lowest BCUT2D eigenvalue weighted by atomic mass is 9.94. The Morgan fingerprint density at radius 1 is 1.44 bits per heavy atom. The molecule has 1 aromatic rings. The standard InChI is InChI=1S/C15H20O/c1-6-8-14-12(7-2)9-10-13(11(3)4)15(14)16-5/h8-11H,1,7H2,2-5H3. The maximum atomic E-state index is 5.53. The van der Waals surface area contributed by atoms with Crippen LogP contribution in [0.3, 0.4) is 0 Å². The van der Waals surface area contributed by atoms with Crippen LogP contribution in [0.5, 0.6) is 5.75 Å². The lowest BCUT2D eigenvalue weighted by Crippen LogP contribution is -1.99. The van der Waals surface area contributed by atoms with Crippen molar-refractivity contribution in [3.63, 3.8) is 0 Å². The first kappa shape index (κ1) is 12.6. The van der Waals surface area contributed by atoms with Crippen molar-refractivity contribution in [3.8, 4) is 5.75 Å². The molecule has 0 aliphatic carbocycles. The molecule has 0 saturated carbocycles. The van der Waals surface area contributed by atoms with Crippen LogP contribution in [-0.2, 0) is 6.42 Å². The lowest BCUT2D eigenvalue weighted by Gasteiger charge is -2.16. The Morgan fingerprint density at radius 3 is 2.56 bits per heavy atom. The monoisotopic (exact) mass is 216 g/mol. The second-order valence-corrected chi connectivity index (χ2v) is 4.12. The maximum absolute atomic E-state index is 5.53. The molecule has 0 N–H and O–H groups in total. The molecule has 0 aromatic heterocycles. The van der Waals surface area contributed by atoms with Crippen LogP contribution in [0.2, 0.25) is 0 Å². The van der Waals surface area contributed by atoms with E-state index < -0.39 is 0 Å². The fourth-order valence-electron chi connectivity index (χ4n) is 1.91. The van der Waals surface area contributed by atoms with E-state index in [0.717, 1.165) is 17.7 Å². The van der Waals surface area contributed by atoms with Crippen molar-refractivity contribution in [1.29, 1.82) is 0 Å². The summed E-state index contributed by atoms with van der Waals surface area (Å²) in [6.45, 7) is 10.1. The van der Waals surface area contributed by atoms with E-state index in [1.807, 2.05) is 6.08 Å². The maximum Gasteiger partial charge on any atom is 0.130 e. The summed E-state index contributed by atoms with van der Waals surface area (Å²) in [6, 6.07) is 4.32. The fourth-order valence-corrected chi connectivity index (χ4v) is 1.91. The van der Waals surface area contributed by atoms with E-state index in [1.54, 1.807) is 7.11 Å². The number of hydrogen-bond acceptors (Lipinski definition) is 1. The molecular weight excluding hydrogens is 196 g/mol. The van der Waals surface area contributed by atoms with Gasteiger partial charge < -0.3 is 4.74 Å². The van der Waals surface area contributed by atoms with Crippen molar-refractivity contribution < 1.29 is 4.74 Å². The third kappa shape index (κ3) is 2.37. The smallest absolute Gasteiger partial charge is 0.130 e. The number of hydrogen-bond donors (Lipinski definition) is 0. The van der Waals surface area contributed by atoms with Crippen LogP contribution in [0.25, 0.3) is 6.08 Å². The predicted molar refractivity (Wildman–Crippen MR) is 70.1 cm³/mol. The summed E-state index contributed by atoms with van der Waals surface area (Å²) in [5, 5.41) is 0. The van der Waals surface area contributed by atoms with Gasteiger partial charge in [0.1, 0.15) is 5.75 Å². The zero-order valence-corrected chi connectivity index (χ0v) is 10.6. The van der Waals surface area contributed by atoms with Crippen molar-refractivity contribution in [2.75, 3.05) is 7.11 Å². The first-order chi connectivity index (χ1) is 7.65. The average Bonchev–Trinajstić information content (AvgIpc) is 2.28. The van der Waals surface area contributed by atoms with E-state index in [1.165, 1.54) is 11.1 Å². The van der Waals surface area contributed by atoms with Gasteiger partial charge in [-0.05, 0) is 29.5 Å². The molecule has 0 amide bonds. The molecule has 0 heterocycles. The highest BCUT2D eigenvalue weighted by Gasteiger charge is 2.13. The quantitative estimate of drug-likeness (QED) is 0.686. The highest BCUT2D eigenvalue weighted by atomic mass is 16.5. The van der Waals surface area contributed by atoms with Crippen molar-refractivity contribution in [2.45, 2.75) is 33.1 Å². The van der Waals surface area contributed by atoms with Crippen LogP contribution in [0.15, 0.2) is 24.4 Å². The molecule has 0 atom stereocenters. The molecule has 0 radical (unpaired) electrons. The topological polar surface area (TPSA) is 9.23 Å². The van der Waals surface area contributed by atoms with Gasteiger partial charge in [-0.15, -0.1) is 5.73 Å². The third-order valence-electron chi connectivity index (χ3n) is 2.77. The lowest BCUT2D eigenvalue weighted by molar-refractivity contribution is 0.406. The second kappa shape index (κ2) is 5.58. The van der Waals surface area contributed by atoms with Gasteiger partial charge in [0, 0.05) is 5.56 Å². The van der Waals surface area contributed by atoms with Gasteiger partial charge in [-0.25, -0.2) is 0 Å². The molecule has 0 aliphatic heterocycles. The molecular formula is C15H20O. The first-order valence-corrected chi connectivity index (χ1v) is 5.71. The van der Waals surface area contributed by atoms with Crippen molar-refractivity contribution in [1.82, 2.24) is 0 Å². The van der Waals surface area contributed by atoms with Gasteiger partial charge in [-0.1, -0.05) is 39.5 Å². The Kier molecular flexibility index (Phi) is 4.39. The second-order valence-electron chi connectivity index (χ2n) is 4.12. The van der Waals surface area contributed by atoms with E-state index in [4.69, 9.17) is 4.74 Å². The summed E-state index contributed by atoms with van der Waals surface area (Å²) in [7, 11) is 1.72. The fraction of sp³-hybridized carbons (Fsp3) is 0.400. The molecule has 1 heteroatoms. The molecule has 0 spiro atoms. The Labute approximate surface area is 98.5 Å². The van der Waals surface area contributed by atoms with E-state index in [9.17, 15) is 0 Å². The Balaban J connectivity index is 3.48. The van der Waals surface area contributed by atoms with Crippen LogP contribution >= 0.6 is 0 Å². The summed E-state index contributed by atoms with van der Waals surface area (Å²) >= 11 is 0. The molecule has 1 rings (SSSR count). The number of rotatable bonds is 4. The minimum Gasteiger partial charge on any atom is -0.496 e. The first-order valence-electron chi connectivity index (χ1n) is 5.71. The van der Waals surface area contributed by atoms with Crippen molar-refractivity contribution in [3.05, 3.63) is 41.1 Å². The molecule has 0 aliphatic rings. The minimum atomic E-state index is 0.456.